The zero-order valence-corrected chi connectivity index (χ0v) is 13.6. The number of ether oxygens (including phenoxy) is 1. The van der Waals surface area contributed by atoms with Crippen molar-refractivity contribution in [2.75, 3.05) is 18.5 Å². The van der Waals surface area contributed by atoms with Crippen molar-refractivity contribution in [3.05, 3.63) is 21.1 Å². The van der Waals surface area contributed by atoms with Gasteiger partial charge >= 0.3 is 0 Å². The summed E-state index contributed by atoms with van der Waals surface area (Å²) in [5.74, 6) is -0.139. The Kier molecular flexibility index (Phi) is 5.08. The van der Waals surface area contributed by atoms with Gasteiger partial charge in [-0.15, -0.1) is 21.5 Å². The summed E-state index contributed by atoms with van der Waals surface area (Å²) in [5, 5.41) is 15.0. The Morgan fingerprint density at radius 3 is 3.18 bits per heavy atom. The van der Waals surface area contributed by atoms with E-state index < -0.39 is 0 Å². The first-order chi connectivity index (χ1) is 10.7. The van der Waals surface area contributed by atoms with Crippen LogP contribution in [-0.2, 0) is 22.4 Å². The van der Waals surface area contributed by atoms with Crippen molar-refractivity contribution in [2.24, 2.45) is 5.73 Å². The Morgan fingerprint density at radius 2 is 2.41 bits per heavy atom. The van der Waals surface area contributed by atoms with Gasteiger partial charge in [-0.05, 0) is 19.4 Å². The van der Waals surface area contributed by atoms with E-state index >= 15 is 0 Å². The maximum atomic E-state index is 12.0. The predicted molar refractivity (Wildman–Crippen MR) is 85.0 cm³/mol. The van der Waals surface area contributed by atoms with Crippen LogP contribution in [0.4, 0.5) is 5.13 Å². The molecule has 2 aromatic rings. The van der Waals surface area contributed by atoms with Crippen molar-refractivity contribution in [1.82, 2.24) is 15.2 Å². The zero-order chi connectivity index (χ0) is 15.4. The zero-order valence-electron chi connectivity index (χ0n) is 11.9. The molecule has 1 aliphatic rings. The first-order valence-corrected chi connectivity index (χ1v) is 8.82. The van der Waals surface area contributed by atoms with Crippen LogP contribution >= 0.6 is 22.7 Å². The summed E-state index contributed by atoms with van der Waals surface area (Å²) in [6, 6.07) is 0. The summed E-state index contributed by atoms with van der Waals surface area (Å²) in [6.07, 6.45) is 3.01. The largest absolute Gasteiger partial charge is 0.371 e. The number of hydrogen-bond acceptors (Lipinski definition) is 8. The third kappa shape index (κ3) is 3.86. The summed E-state index contributed by atoms with van der Waals surface area (Å²) in [5.41, 5.74) is 6.25. The van der Waals surface area contributed by atoms with E-state index in [0.717, 1.165) is 41.6 Å². The lowest BCUT2D eigenvalue weighted by molar-refractivity contribution is -0.115. The van der Waals surface area contributed by atoms with E-state index in [4.69, 9.17) is 10.5 Å². The maximum Gasteiger partial charge on any atom is 0.232 e. The highest BCUT2D eigenvalue weighted by Crippen LogP contribution is 2.31. The molecule has 3 N–H and O–H groups in total. The number of nitrogens with one attached hydrogen (secondary N) is 1. The predicted octanol–water partition coefficient (Wildman–Crippen LogP) is 1.53. The molecule has 2 aromatic heterocycles. The van der Waals surface area contributed by atoms with Gasteiger partial charge in [-0.3, -0.25) is 4.79 Å². The summed E-state index contributed by atoms with van der Waals surface area (Å²) < 4.78 is 5.56. The first-order valence-electron chi connectivity index (χ1n) is 7.13. The van der Waals surface area contributed by atoms with Crippen LogP contribution < -0.4 is 11.1 Å². The topological polar surface area (TPSA) is 103 Å². The molecule has 3 heterocycles. The number of carbonyl (C=O) groups is 1. The highest BCUT2D eigenvalue weighted by molar-refractivity contribution is 7.15. The molecule has 0 radical (unpaired) electrons. The molecule has 1 amide bonds. The fourth-order valence-electron chi connectivity index (χ4n) is 2.18. The van der Waals surface area contributed by atoms with E-state index in [1.807, 2.05) is 5.38 Å². The fourth-order valence-corrected chi connectivity index (χ4v) is 3.84. The normalized spacial score (nSPS) is 17.8. The standard InChI is InChI=1S/C13H17N5O2S2/c14-4-3-11-15-8(7-21-11)6-10(19)16-13-18-17-12(22-13)9-2-1-5-20-9/h7,9H,1-6,14H2,(H,16,18,19). The molecule has 1 fully saturated rings. The van der Waals surface area contributed by atoms with Gasteiger partial charge in [-0.1, -0.05) is 11.3 Å². The fraction of sp³-hybridized carbons (Fsp3) is 0.538. The van der Waals surface area contributed by atoms with E-state index in [0.29, 0.717) is 11.7 Å². The quantitative estimate of drug-likeness (QED) is 0.827. The van der Waals surface area contributed by atoms with Gasteiger partial charge in [0.05, 0.1) is 17.1 Å². The van der Waals surface area contributed by atoms with Gasteiger partial charge in [0.1, 0.15) is 11.1 Å². The van der Waals surface area contributed by atoms with Crippen LogP contribution in [0.5, 0.6) is 0 Å². The molecule has 0 saturated carbocycles. The van der Waals surface area contributed by atoms with Crippen molar-refractivity contribution >= 4 is 33.7 Å². The molecule has 0 aliphatic carbocycles. The van der Waals surface area contributed by atoms with Crippen LogP contribution in [-0.4, -0.2) is 34.2 Å². The van der Waals surface area contributed by atoms with Gasteiger partial charge < -0.3 is 15.8 Å². The Hall–Kier alpha value is -1.42. The molecule has 0 bridgehead atoms. The Bertz CT molecular complexity index is 636. The molecule has 118 valence electrons. The minimum Gasteiger partial charge on any atom is -0.371 e. The summed E-state index contributed by atoms with van der Waals surface area (Å²) >= 11 is 2.90. The van der Waals surface area contributed by atoms with Crippen molar-refractivity contribution in [2.45, 2.75) is 31.8 Å². The minimum atomic E-state index is -0.139. The van der Waals surface area contributed by atoms with Crippen LogP contribution in [0.25, 0.3) is 0 Å². The van der Waals surface area contributed by atoms with Crippen molar-refractivity contribution in [3.8, 4) is 0 Å². The third-order valence-electron chi connectivity index (χ3n) is 3.19. The molecule has 9 heteroatoms. The number of thiazole rings is 1. The summed E-state index contributed by atoms with van der Waals surface area (Å²) in [6.45, 7) is 1.33. The van der Waals surface area contributed by atoms with Crippen LogP contribution in [0.15, 0.2) is 5.38 Å². The van der Waals surface area contributed by atoms with Crippen LogP contribution in [0.1, 0.15) is 34.7 Å². The molecule has 1 unspecified atom stereocenters. The van der Waals surface area contributed by atoms with Gasteiger partial charge in [-0.2, -0.15) is 0 Å². The van der Waals surface area contributed by atoms with Gasteiger partial charge in [0.25, 0.3) is 0 Å². The Labute approximate surface area is 135 Å². The third-order valence-corrected chi connectivity index (χ3v) is 5.08. The van der Waals surface area contributed by atoms with Gasteiger partial charge in [0, 0.05) is 18.4 Å². The number of carbonyl (C=O) groups excluding carboxylic acids is 1. The lowest BCUT2D eigenvalue weighted by atomic mass is 10.2. The first kappa shape index (κ1) is 15.5. The molecular weight excluding hydrogens is 322 g/mol. The molecule has 1 aliphatic heterocycles. The second-order valence-corrected chi connectivity index (χ2v) is 6.90. The summed E-state index contributed by atoms with van der Waals surface area (Å²) in [4.78, 5) is 16.4. The SMILES string of the molecule is NCCc1nc(CC(=O)Nc2nnc(C3CCCO3)s2)cs1. The molecule has 1 saturated heterocycles. The summed E-state index contributed by atoms with van der Waals surface area (Å²) in [7, 11) is 0. The Balaban J connectivity index is 1.54. The second kappa shape index (κ2) is 7.23. The lowest BCUT2D eigenvalue weighted by Crippen LogP contribution is -2.14. The average molecular weight is 339 g/mol. The van der Waals surface area contributed by atoms with E-state index in [1.165, 1.54) is 22.7 Å². The molecule has 3 rings (SSSR count). The number of nitrogens with zero attached hydrogens (tertiary/aromatic N) is 3. The van der Waals surface area contributed by atoms with Crippen molar-refractivity contribution in [1.29, 1.82) is 0 Å². The van der Waals surface area contributed by atoms with Crippen LogP contribution in [0.2, 0.25) is 0 Å². The van der Waals surface area contributed by atoms with Gasteiger partial charge in [-0.25, -0.2) is 4.98 Å². The number of rotatable bonds is 6. The molecular formula is C13H17N5O2S2. The molecule has 22 heavy (non-hydrogen) atoms. The monoisotopic (exact) mass is 339 g/mol. The highest BCUT2D eigenvalue weighted by Gasteiger charge is 2.22. The van der Waals surface area contributed by atoms with Crippen molar-refractivity contribution in [3.63, 3.8) is 0 Å². The van der Waals surface area contributed by atoms with Crippen LogP contribution in [0, 0.1) is 0 Å². The van der Waals surface area contributed by atoms with E-state index in [-0.39, 0.29) is 18.4 Å². The number of aromatic nitrogens is 3. The number of nitrogens with two attached hydrogens (primary N) is 1. The average Bonchev–Trinajstić information content (AvgIpc) is 3.20. The number of amides is 1. The van der Waals surface area contributed by atoms with E-state index in [9.17, 15) is 4.79 Å². The molecule has 0 spiro atoms. The van der Waals surface area contributed by atoms with E-state index in [1.54, 1.807) is 0 Å². The van der Waals surface area contributed by atoms with Gasteiger partial charge in [0.15, 0.2) is 0 Å². The van der Waals surface area contributed by atoms with Crippen molar-refractivity contribution < 1.29 is 9.53 Å². The molecule has 0 aromatic carbocycles. The van der Waals surface area contributed by atoms with Crippen LogP contribution in [0.3, 0.4) is 0 Å². The minimum absolute atomic E-state index is 0.0283. The number of hydrogen-bond donors (Lipinski definition) is 2. The van der Waals surface area contributed by atoms with E-state index in [2.05, 4.69) is 20.5 Å². The highest BCUT2D eigenvalue weighted by atomic mass is 32.1. The lowest BCUT2D eigenvalue weighted by Gasteiger charge is -2.02. The van der Waals surface area contributed by atoms with Gasteiger partial charge in [0.2, 0.25) is 11.0 Å². The molecule has 1 atom stereocenters. The smallest absolute Gasteiger partial charge is 0.232 e. The Morgan fingerprint density at radius 1 is 1.50 bits per heavy atom. The number of anilines is 1. The maximum absolute atomic E-state index is 12.0. The molecule has 7 nitrogen and oxygen atoms in total. The second-order valence-electron chi connectivity index (χ2n) is 4.94.